The van der Waals surface area contributed by atoms with E-state index in [1.807, 2.05) is 36.4 Å². The summed E-state index contributed by atoms with van der Waals surface area (Å²) in [5, 5.41) is 3.00. The van der Waals surface area contributed by atoms with Crippen molar-refractivity contribution in [3.8, 4) is 22.3 Å². The maximum absolute atomic E-state index is 6.40. The van der Waals surface area contributed by atoms with Crippen molar-refractivity contribution >= 4 is 22.4 Å². The minimum absolute atomic E-state index is 0.777. The highest BCUT2D eigenvalue weighted by Crippen LogP contribution is 2.39. The molecule has 1 heteroatoms. The zero-order valence-corrected chi connectivity index (χ0v) is 13.2. The van der Waals surface area contributed by atoms with Crippen molar-refractivity contribution in [3.05, 3.63) is 96.0 Å². The Morgan fingerprint density at radius 2 is 1.48 bits per heavy atom. The third-order valence-corrected chi connectivity index (χ3v) is 4.40. The molecular formula is C22H14Cl. The van der Waals surface area contributed by atoms with Gasteiger partial charge in [-0.3, -0.25) is 0 Å². The third-order valence-electron chi connectivity index (χ3n) is 4.07. The van der Waals surface area contributed by atoms with E-state index in [1.165, 1.54) is 16.7 Å². The van der Waals surface area contributed by atoms with Gasteiger partial charge in [0.1, 0.15) is 0 Å². The molecule has 0 nitrogen and oxygen atoms in total. The van der Waals surface area contributed by atoms with Gasteiger partial charge in [-0.1, -0.05) is 90.5 Å². The minimum Gasteiger partial charge on any atom is -0.0837 e. The lowest BCUT2D eigenvalue weighted by Crippen LogP contribution is -1.88. The number of benzene rings is 4. The van der Waals surface area contributed by atoms with Gasteiger partial charge in [0.25, 0.3) is 0 Å². The van der Waals surface area contributed by atoms with Crippen LogP contribution in [0.25, 0.3) is 33.0 Å². The third kappa shape index (κ3) is 2.52. The Morgan fingerprint density at radius 1 is 0.652 bits per heavy atom. The minimum atomic E-state index is 0.777. The SMILES string of the molecule is Clc1cccc2c(-c3[c]cccc3)c(-c3ccccc3)ccc12. The molecule has 23 heavy (non-hydrogen) atoms. The molecule has 1 radical (unpaired) electrons. The van der Waals surface area contributed by atoms with E-state index in [2.05, 4.69) is 54.6 Å². The Bertz CT molecular complexity index is 957. The van der Waals surface area contributed by atoms with E-state index >= 15 is 0 Å². The number of halogens is 1. The quantitative estimate of drug-likeness (QED) is 0.390. The molecule has 4 aromatic carbocycles. The number of hydrogen-bond donors (Lipinski definition) is 0. The Balaban J connectivity index is 2.12. The van der Waals surface area contributed by atoms with Crippen molar-refractivity contribution in [1.29, 1.82) is 0 Å². The molecule has 0 heterocycles. The Hall–Kier alpha value is -2.57. The highest BCUT2D eigenvalue weighted by atomic mass is 35.5. The summed E-state index contributed by atoms with van der Waals surface area (Å²) in [7, 11) is 0. The van der Waals surface area contributed by atoms with Crippen LogP contribution in [0, 0.1) is 6.07 Å². The van der Waals surface area contributed by atoms with Crippen molar-refractivity contribution in [2.45, 2.75) is 0 Å². The molecule has 0 saturated carbocycles. The molecule has 0 aliphatic carbocycles. The monoisotopic (exact) mass is 313 g/mol. The molecule has 0 fully saturated rings. The zero-order chi connectivity index (χ0) is 15.6. The molecular weight excluding hydrogens is 300 g/mol. The van der Waals surface area contributed by atoms with Gasteiger partial charge in [-0.05, 0) is 39.8 Å². The van der Waals surface area contributed by atoms with E-state index in [1.54, 1.807) is 0 Å². The van der Waals surface area contributed by atoms with Crippen LogP contribution in [-0.2, 0) is 0 Å². The average Bonchev–Trinajstić information content (AvgIpc) is 2.62. The maximum atomic E-state index is 6.40. The van der Waals surface area contributed by atoms with Crippen LogP contribution in [0.4, 0.5) is 0 Å². The first-order valence-corrected chi connectivity index (χ1v) is 7.96. The second-order valence-corrected chi connectivity index (χ2v) is 5.87. The molecule has 0 aromatic heterocycles. The van der Waals surface area contributed by atoms with E-state index in [0.29, 0.717) is 0 Å². The molecule has 0 spiro atoms. The van der Waals surface area contributed by atoms with Gasteiger partial charge in [0.2, 0.25) is 0 Å². The predicted octanol–water partition coefficient (Wildman–Crippen LogP) is 6.63. The summed E-state index contributed by atoms with van der Waals surface area (Å²) >= 11 is 6.40. The van der Waals surface area contributed by atoms with Crippen LogP contribution in [0.1, 0.15) is 0 Å². The summed E-state index contributed by atoms with van der Waals surface area (Å²) in [4.78, 5) is 0. The van der Waals surface area contributed by atoms with Crippen molar-refractivity contribution < 1.29 is 0 Å². The predicted molar refractivity (Wildman–Crippen MR) is 98.7 cm³/mol. The first-order valence-electron chi connectivity index (χ1n) is 7.58. The molecule has 4 aromatic rings. The Morgan fingerprint density at radius 3 is 2.26 bits per heavy atom. The number of rotatable bonds is 2. The molecule has 0 saturated heterocycles. The maximum Gasteiger partial charge on any atom is 0.0484 e. The molecule has 4 rings (SSSR count). The topological polar surface area (TPSA) is 0 Å². The molecule has 0 amide bonds. The standard InChI is InChI=1S/C22H14Cl/c23-21-13-7-12-20-19(21)15-14-18(16-8-3-1-4-9-16)22(20)17-10-5-2-6-11-17/h1-10,12-15H. The van der Waals surface area contributed by atoms with E-state index in [4.69, 9.17) is 11.6 Å². The Labute approximate surface area is 141 Å². The molecule has 0 aliphatic rings. The lowest BCUT2D eigenvalue weighted by molar-refractivity contribution is 1.60. The van der Waals surface area contributed by atoms with Crippen LogP contribution < -0.4 is 0 Å². The summed E-state index contributed by atoms with van der Waals surface area (Å²) < 4.78 is 0. The van der Waals surface area contributed by atoms with Crippen LogP contribution >= 0.6 is 11.6 Å². The molecule has 109 valence electrons. The van der Waals surface area contributed by atoms with E-state index in [-0.39, 0.29) is 0 Å². The normalized spacial score (nSPS) is 10.8. The summed E-state index contributed by atoms with van der Waals surface area (Å²) in [5.74, 6) is 0. The van der Waals surface area contributed by atoms with Gasteiger partial charge in [0.15, 0.2) is 0 Å². The number of hydrogen-bond acceptors (Lipinski definition) is 0. The van der Waals surface area contributed by atoms with E-state index in [0.717, 1.165) is 21.4 Å². The van der Waals surface area contributed by atoms with Crippen LogP contribution in [0.5, 0.6) is 0 Å². The van der Waals surface area contributed by atoms with Gasteiger partial charge >= 0.3 is 0 Å². The van der Waals surface area contributed by atoms with Crippen LogP contribution in [0.2, 0.25) is 5.02 Å². The highest BCUT2D eigenvalue weighted by Gasteiger charge is 2.12. The fourth-order valence-corrected chi connectivity index (χ4v) is 3.25. The molecule has 0 aliphatic heterocycles. The smallest absolute Gasteiger partial charge is 0.0484 e. The van der Waals surface area contributed by atoms with Gasteiger partial charge in [-0.2, -0.15) is 0 Å². The van der Waals surface area contributed by atoms with Crippen molar-refractivity contribution in [2.75, 3.05) is 0 Å². The zero-order valence-electron chi connectivity index (χ0n) is 12.5. The molecule has 0 atom stereocenters. The average molecular weight is 314 g/mol. The van der Waals surface area contributed by atoms with Crippen molar-refractivity contribution in [2.24, 2.45) is 0 Å². The number of fused-ring (bicyclic) bond motifs is 1. The second-order valence-electron chi connectivity index (χ2n) is 5.47. The van der Waals surface area contributed by atoms with Gasteiger partial charge in [-0.25, -0.2) is 0 Å². The van der Waals surface area contributed by atoms with Gasteiger partial charge in [0.05, 0.1) is 0 Å². The van der Waals surface area contributed by atoms with Gasteiger partial charge in [0, 0.05) is 10.4 Å². The fraction of sp³-hybridized carbons (Fsp3) is 0. The lowest BCUT2D eigenvalue weighted by Gasteiger charge is -2.14. The summed E-state index contributed by atoms with van der Waals surface area (Å²) in [5.41, 5.74) is 4.65. The largest absolute Gasteiger partial charge is 0.0837 e. The van der Waals surface area contributed by atoms with Gasteiger partial charge in [-0.15, -0.1) is 0 Å². The Kier molecular flexibility index (Phi) is 3.61. The molecule has 0 unspecified atom stereocenters. The summed E-state index contributed by atoms with van der Waals surface area (Å²) in [6.07, 6.45) is 0. The first-order chi connectivity index (χ1) is 11.3. The van der Waals surface area contributed by atoms with Gasteiger partial charge < -0.3 is 0 Å². The van der Waals surface area contributed by atoms with Crippen LogP contribution in [-0.4, -0.2) is 0 Å². The first kappa shape index (κ1) is 14.0. The second kappa shape index (κ2) is 5.91. The van der Waals surface area contributed by atoms with Crippen LogP contribution in [0.3, 0.4) is 0 Å². The van der Waals surface area contributed by atoms with E-state index in [9.17, 15) is 0 Å². The molecule has 0 bridgehead atoms. The van der Waals surface area contributed by atoms with Crippen LogP contribution in [0.15, 0.2) is 84.9 Å². The van der Waals surface area contributed by atoms with Crippen molar-refractivity contribution in [1.82, 2.24) is 0 Å². The summed E-state index contributed by atoms with van der Waals surface area (Å²) in [6, 6.07) is 32.2. The fourth-order valence-electron chi connectivity index (χ4n) is 3.02. The van der Waals surface area contributed by atoms with Crippen molar-refractivity contribution in [3.63, 3.8) is 0 Å². The summed E-state index contributed by atoms with van der Waals surface area (Å²) in [6.45, 7) is 0. The highest BCUT2D eigenvalue weighted by molar-refractivity contribution is 6.36. The molecule has 0 N–H and O–H groups in total. The van der Waals surface area contributed by atoms with E-state index < -0.39 is 0 Å². The lowest BCUT2D eigenvalue weighted by atomic mass is 9.90.